The zero-order valence-corrected chi connectivity index (χ0v) is 22.0. The molecular formula is C30H32N6O2. The van der Waals surface area contributed by atoms with Gasteiger partial charge >= 0.3 is 0 Å². The number of hydrogen-bond acceptors (Lipinski definition) is 6. The summed E-state index contributed by atoms with van der Waals surface area (Å²) < 4.78 is 7.08. The van der Waals surface area contributed by atoms with Gasteiger partial charge in [-0.2, -0.15) is 0 Å². The van der Waals surface area contributed by atoms with Crippen LogP contribution in [0.2, 0.25) is 0 Å². The van der Waals surface area contributed by atoms with Crippen molar-refractivity contribution in [3.8, 4) is 5.75 Å². The van der Waals surface area contributed by atoms with Gasteiger partial charge in [0.2, 0.25) is 0 Å². The van der Waals surface area contributed by atoms with E-state index < -0.39 is 6.04 Å². The first-order valence-electron chi connectivity index (χ1n) is 12.9. The van der Waals surface area contributed by atoms with Crippen molar-refractivity contribution in [3.05, 3.63) is 117 Å². The molecule has 0 spiro atoms. The SMILES string of the molecule is CCc1ccc2[nH]c(=O)c([C@H](c3nnnn3Cc3ccc(OC)cc3)N(CC)Cc3ccccc3)cc2c1. The Hall–Kier alpha value is -4.30. The fraction of sp³-hybridized carbons (Fsp3) is 0.267. The highest BCUT2D eigenvalue weighted by molar-refractivity contribution is 5.80. The highest BCUT2D eigenvalue weighted by Crippen LogP contribution is 2.29. The number of pyridine rings is 1. The quantitative estimate of drug-likeness (QED) is 0.293. The number of aromatic amines is 1. The fourth-order valence-electron chi connectivity index (χ4n) is 4.82. The summed E-state index contributed by atoms with van der Waals surface area (Å²) in [5.41, 5.74) is 4.70. The molecule has 8 nitrogen and oxygen atoms in total. The molecule has 38 heavy (non-hydrogen) atoms. The largest absolute Gasteiger partial charge is 0.497 e. The molecule has 0 saturated heterocycles. The van der Waals surface area contributed by atoms with Gasteiger partial charge in [-0.25, -0.2) is 4.68 Å². The van der Waals surface area contributed by atoms with Crippen molar-refractivity contribution in [2.75, 3.05) is 13.7 Å². The summed E-state index contributed by atoms with van der Waals surface area (Å²) >= 11 is 0. The first-order valence-corrected chi connectivity index (χ1v) is 12.9. The molecule has 0 aliphatic rings. The summed E-state index contributed by atoms with van der Waals surface area (Å²) in [5, 5.41) is 13.8. The molecule has 0 aliphatic heterocycles. The fourth-order valence-corrected chi connectivity index (χ4v) is 4.82. The van der Waals surface area contributed by atoms with E-state index in [1.54, 1.807) is 11.8 Å². The molecule has 0 fully saturated rings. The highest BCUT2D eigenvalue weighted by atomic mass is 16.5. The summed E-state index contributed by atoms with van der Waals surface area (Å²) in [7, 11) is 1.65. The number of H-pyrrole nitrogens is 1. The van der Waals surface area contributed by atoms with Gasteiger partial charge in [0.1, 0.15) is 11.8 Å². The Morgan fingerprint density at radius 1 is 0.947 bits per heavy atom. The summed E-state index contributed by atoms with van der Waals surface area (Å²) in [6, 6.07) is 25.8. The van der Waals surface area contributed by atoms with Crippen molar-refractivity contribution >= 4 is 10.9 Å². The van der Waals surface area contributed by atoms with Gasteiger partial charge < -0.3 is 9.72 Å². The molecule has 2 aromatic heterocycles. The number of benzene rings is 3. The van der Waals surface area contributed by atoms with Crippen molar-refractivity contribution in [1.82, 2.24) is 30.1 Å². The summed E-state index contributed by atoms with van der Waals surface area (Å²) in [4.78, 5) is 18.9. The second kappa shape index (κ2) is 11.4. The van der Waals surface area contributed by atoms with Gasteiger partial charge in [0.05, 0.1) is 13.7 Å². The van der Waals surface area contributed by atoms with Crippen LogP contribution in [-0.2, 0) is 19.5 Å². The predicted octanol–water partition coefficient (Wildman–Crippen LogP) is 4.75. The number of tetrazole rings is 1. The third-order valence-corrected chi connectivity index (χ3v) is 6.94. The lowest BCUT2D eigenvalue weighted by molar-refractivity contribution is 0.214. The lowest BCUT2D eigenvalue weighted by atomic mass is 10.0. The van der Waals surface area contributed by atoms with Gasteiger partial charge in [0, 0.05) is 17.6 Å². The van der Waals surface area contributed by atoms with Gasteiger partial charge in [-0.1, -0.05) is 62.4 Å². The Morgan fingerprint density at radius 2 is 1.71 bits per heavy atom. The monoisotopic (exact) mass is 508 g/mol. The maximum absolute atomic E-state index is 13.6. The van der Waals surface area contributed by atoms with Crippen molar-refractivity contribution in [2.24, 2.45) is 0 Å². The molecule has 194 valence electrons. The molecule has 0 unspecified atom stereocenters. The van der Waals surface area contributed by atoms with Crippen LogP contribution in [0.15, 0.2) is 83.7 Å². The summed E-state index contributed by atoms with van der Waals surface area (Å²) in [6.45, 7) is 6.03. The van der Waals surface area contributed by atoms with Crippen LogP contribution in [0.5, 0.6) is 5.75 Å². The molecule has 0 radical (unpaired) electrons. The molecule has 5 aromatic rings. The number of hydrogen-bond donors (Lipinski definition) is 1. The maximum atomic E-state index is 13.6. The number of nitrogens with zero attached hydrogens (tertiary/aromatic N) is 5. The number of aromatic nitrogens is 5. The average Bonchev–Trinajstić information content (AvgIpc) is 3.41. The molecule has 0 amide bonds. The lowest BCUT2D eigenvalue weighted by Crippen LogP contribution is -2.35. The van der Waals surface area contributed by atoms with Crippen LogP contribution in [0.1, 0.15) is 48.0 Å². The van der Waals surface area contributed by atoms with E-state index in [-0.39, 0.29) is 5.56 Å². The van der Waals surface area contributed by atoms with Crippen molar-refractivity contribution in [3.63, 3.8) is 0 Å². The second-order valence-electron chi connectivity index (χ2n) is 9.32. The Balaban J connectivity index is 1.62. The maximum Gasteiger partial charge on any atom is 0.253 e. The molecule has 1 N–H and O–H groups in total. The van der Waals surface area contributed by atoms with E-state index in [0.717, 1.165) is 34.2 Å². The molecule has 0 bridgehead atoms. The number of nitrogens with one attached hydrogen (secondary N) is 1. The average molecular weight is 509 g/mol. The van der Waals surface area contributed by atoms with E-state index in [2.05, 4.69) is 63.5 Å². The first-order chi connectivity index (χ1) is 18.6. The normalized spacial score (nSPS) is 12.2. The smallest absolute Gasteiger partial charge is 0.253 e. The van der Waals surface area contributed by atoms with Crippen molar-refractivity contribution in [1.29, 1.82) is 0 Å². The molecule has 1 atom stereocenters. The van der Waals surface area contributed by atoms with Gasteiger partial charge in [-0.3, -0.25) is 9.69 Å². The zero-order chi connectivity index (χ0) is 26.5. The molecule has 8 heteroatoms. The van der Waals surface area contributed by atoms with Gasteiger partial charge in [-0.15, -0.1) is 5.10 Å². The van der Waals surface area contributed by atoms with Crippen LogP contribution in [0, 0.1) is 0 Å². The van der Waals surface area contributed by atoms with Crippen LogP contribution in [-0.4, -0.2) is 43.7 Å². The molecule has 0 aliphatic carbocycles. The molecule has 5 rings (SSSR count). The van der Waals surface area contributed by atoms with E-state index in [0.29, 0.717) is 31.0 Å². The number of methoxy groups -OCH3 is 1. The highest BCUT2D eigenvalue weighted by Gasteiger charge is 2.30. The van der Waals surface area contributed by atoms with E-state index in [4.69, 9.17) is 4.74 Å². The van der Waals surface area contributed by atoms with Crippen LogP contribution in [0.4, 0.5) is 0 Å². The van der Waals surface area contributed by atoms with Crippen LogP contribution in [0.25, 0.3) is 10.9 Å². The van der Waals surface area contributed by atoms with Crippen LogP contribution < -0.4 is 10.3 Å². The van der Waals surface area contributed by atoms with Gasteiger partial charge in [0.25, 0.3) is 5.56 Å². The molecule has 2 heterocycles. The Morgan fingerprint density at radius 3 is 2.42 bits per heavy atom. The third-order valence-electron chi connectivity index (χ3n) is 6.94. The van der Waals surface area contributed by atoms with Gasteiger partial charge in [-0.05, 0) is 75.8 Å². The molecule has 3 aromatic carbocycles. The predicted molar refractivity (Wildman–Crippen MR) is 148 cm³/mol. The molecule has 0 saturated carbocycles. The number of aryl methyl sites for hydroxylation is 1. The van der Waals surface area contributed by atoms with E-state index >= 15 is 0 Å². The van der Waals surface area contributed by atoms with Crippen LogP contribution >= 0.6 is 0 Å². The standard InChI is InChI=1S/C30H32N6O2/c1-4-21-13-16-27-24(17-21)18-26(30(37)31-27)28(35(5-2)19-22-9-7-6-8-10-22)29-32-33-34-36(29)20-23-11-14-25(38-3)15-12-23/h6-18,28H,4-5,19-20H2,1-3H3,(H,31,37)/t28-/m1/s1. The number of rotatable bonds is 10. The van der Waals surface area contributed by atoms with Crippen molar-refractivity contribution in [2.45, 2.75) is 39.4 Å². The van der Waals surface area contributed by atoms with Crippen LogP contribution in [0.3, 0.4) is 0 Å². The summed E-state index contributed by atoms with van der Waals surface area (Å²) in [6.07, 6.45) is 0.920. The third kappa shape index (κ3) is 5.35. The lowest BCUT2D eigenvalue weighted by Gasteiger charge is -2.30. The van der Waals surface area contributed by atoms with E-state index in [1.165, 1.54) is 5.56 Å². The zero-order valence-electron chi connectivity index (χ0n) is 22.0. The second-order valence-corrected chi connectivity index (χ2v) is 9.32. The Kier molecular flexibility index (Phi) is 7.60. The topological polar surface area (TPSA) is 88.9 Å². The number of ether oxygens (including phenoxy) is 1. The van der Waals surface area contributed by atoms with Gasteiger partial charge in [0.15, 0.2) is 5.82 Å². The van der Waals surface area contributed by atoms with E-state index in [1.807, 2.05) is 54.6 Å². The summed E-state index contributed by atoms with van der Waals surface area (Å²) in [5.74, 6) is 1.41. The Labute approximate surface area is 221 Å². The molecular weight excluding hydrogens is 476 g/mol. The minimum absolute atomic E-state index is 0.141. The first kappa shape index (κ1) is 25.4. The minimum atomic E-state index is -0.452. The van der Waals surface area contributed by atoms with E-state index in [9.17, 15) is 4.79 Å². The minimum Gasteiger partial charge on any atom is -0.497 e. The number of fused-ring (bicyclic) bond motifs is 1. The van der Waals surface area contributed by atoms with Crippen molar-refractivity contribution < 1.29 is 4.74 Å². The Bertz CT molecular complexity index is 1560.